The molecule has 0 spiro atoms. The number of hydrogen-bond donors (Lipinski definition) is 1. The van der Waals surface area contributed by atoms with Gasteiger partial charge in [-0.15, -0.1) is 0 Å². The molecule has 1 aliphatic rings. The van der Waals surface area contributed by atoms with Gasteiger partial charge in [-0.25, -0.2) is 0 Å². The minimum Gasteiger partial charge on any atom is -0.271 e. The third-order valence-electron chi connectivity index (χ3n) is 3.33. The molecule has 2 rings (SSSR count). The van der Waals surface area contributed by atoms with Gasteiger partial charge in [0.2, 0.25) is 0 Å². The van der Waals surface area contributed by atoms with Crippen molar-refractivity contribution in [3.8, 4) is 0 Å². The molecule has 0 bridgehead atoms. The Morgan fingerprint density at radius 3 is 2.95 bits per heavy atom. The molecule has 1 fully saturated rings. The zero-order chi connectivity index (χ0) is 13.9. The second kappa shape index (κ2) is 6.02. The first-order valence-electron chi connectivity index (χ1n) is 6.72. The zero-order valence-corrected chi connectivity index (χ0v) is 12.3. The Labute approximate surface area is 115 Å². The summed E-state index contributed by atoms with van der Waals surface area (Å²) in [5.41, 5.74) is 0. The Balaban J connectivity index is 1.92. The first-order chi connectivity index (χ1) is 8.97. The molecule has 1 saturated heterocycles. The van der Waals surface area contributed by atoms with Crippen LogP contribution in [0, 0.1) is 5.92 Å². The normalized spacial score (nSPS) is 23.4. The highest BCUT2D eigenvalue weighted by Crippen LogP contribution is 2.17. The zero-order valence-electron chi connectivity index (χ0n) is 11.5. The highest BCUT2D eigenvalue weighted by atomic mass is 32.2. The Kier molecular flexibility index (Phi) is 4.59. The summed E-state index contributed by atoms with van der Waals surface area (Å²) in [6, 6.07) is 1.65. The van der Waals surface area contributed by atoms with E-state index >= 15 is 0 Å². The fourth-order valence-corrected chi connectivity index (χ4v) is 3.97. The second-order valence-electron chi connectivity index (χ2n) is 5.36. The van der Waals surface area contributed by atoms with Crippen LogP contribution in [-0.2, 0) is 16.8 Å². The van der Waals surface area contributed by atoms with Crippen molar-refractivity contribution in [3.05, 3.63) is 18.5 Å². The molecule has 19 heavy (non-hydrogen) atoms. The van der Waals surface area contributed by atoms with Crippen molar-refractivity contribution in [2.75, 3.05) is 13.1 Å². The molecule has 0 saturated carbocycles. The average Bonchev–Trinajstić information content (AvgIpc) is 2.81. The molecule has 0 radical (unpaired) electrons. The standard InChI is InChI=1S/C12H22N4O2S/c1-11-5-3-8-16(9-11)19(17,18)14-12(2)10-15-7-4-6-13-15/h4,6-7,11-12,14H,3,5,8-10H2,1-2H3/t11-,12-/m1/s1. The van der Waals surface area contributed by atoms with Gasteiger partial charge in [0.05, 0.1) is 6.54 Å². The fraction of sp³-hybridized carbons (Fsp3) is 0.750. The number of nitrogens with one attached hydrogen (secondary N) is 1. The molecule has 2 atom stereocenters. The van der Waals surface area contributed by atoms with Crippen molar-refractivity contribution < 1.29 is 8.42 Å². The Bertz CT molecular complexity index is 486. The van der Waals surface area contributed by atoms with Crippen LogP contribution in [-0.4, -0.2) is 41.6 Å². The summed E-state index contributed by atoms with van der Waals surface area (Å²) < 4.78 is 30.5. The largest absolute Gasteiger partial charge is 0.279 e. The number of rotatable bonds is 5. The molecule has 1 aromatic heterocycles. The van der Waals surface area contributed by atoms with Crippen molar-refractivity contribution >= 4 is 10.2 Å². The first kappa shape index (κ1) is 14.5. The molecular formula is C12H22N4O2S. The highest BCUT2D eigenvalue weighted by Gasteiger charge is 2.28. The van der Waals surface area contributed by atoms with Crippen LogP contribution in [0.4, 0.5) is 0 Å². The Morgan fingerprint density at radius 1 is 1.53 bits per heavy atom. The van der Waals surface area contributed by atoms with Gasteiger partial charge in [0.15, 0.2) is 0 Å². The van der Waals surface area contributed by atoms with Gasteiger partial charge in [-0.3, -0.25) is 4.68 Å². The monoisotopic (exact) mass is 286 g/mol. The summed E-state index contributed by atoms with van der Waals surface area (Å²) in [5, 5.41) is 4.08. The summed E-state index contributed by atoms with van der Waals surface area (Å²) in [7, 11) is -3.38. The van der Waals surface area contributed by atoms with Gasteiger partial charge in [-0.2, -0.15) is 22.5 Å². The summed E-state index contributed by atoms with van der Waals surface area (Å²) in [5.74, 6) is 0.437. The summed E-state index contributed by atoms with van der Waals surface area (Å²) in [6.07, 6.45) is 5.56. The minimum absolute atomic E-state index is 0.179. The van der Waals surface area contributed by atoms with Crippen LogP contribution in [0.2, 0.25) is 0 Å². The third kappa shape index (κ3) is 4.02. The predicted octanol–water partition coefficient (Wildman–Crippen LogP) is 0.838. The second-order valence-corrected chi connectivity index (χ2v) is 7.06. The van der Waals surface area contributed by atoms with Gasteiger partial charge in [0.25, 0.3) is 10.2 Å². The lowest BCUT2D eigenvalue weighted by atomic mass is 10.0. The number of piperidine rings is 1. The van der Waals surface area contributed by atoms with Crippen LogP contribution >= 0.6 is 0 Å². The van der Waals surface area contributed by atoms with E-state index in [-0.39, 0.29) is 6.04 Å². The van der Waals surface area contributed by atoms with Crippen LogP contribution < -0.4 is 4.72 Å². The quantitative estimate of drug-likeness (QED) is 0.872. The van der Waals surface area contributed by atoms with E-state index in [0.29, 0.717) is 25.6 Å². The molecule has 6 nitrogen and oxygen atoms in total. The maximum atomic E-state index is 12.3. The van der Waals surface area contributed by atoms with Crippen LogP contribution in [0.5, 0.6) is 0 Å². The van der Waals surface area contributed by atoms with Crippen LogP contribution in [0.25, 0.3) is 0 Å². The molecule has 0 unspecified atom stereocenters. The molecule has 0 aromatic carbocycles. The van der Waals surface area contributed by atoms with Crippen molar-refractivity contribution in [1.82, 2.24) is 18.8 Å². The summed E-state index contributed by atoms with van der Waals surface area (Å²) >= 11 is 0. The lowest BCUT2D eigenvalue weighted by molar-refractivity contribution is 0.276. The highest BCUT2D eigenvalue weighted by molar-refractivity contribution is 7.87. The van der Waals surface area contributed by atoms with Crippen molar-refractivity contribution in [1.29, 1.82) is 0 Å². The molecule has 1 aromatic rings. The molecule has 1 N–H and O–H groups in total. The molecule has 2 heterocycles. The molecule has 7 heteroatoms. The van der Waals surface area contributed by atoms with E-state index in [1.54, 1.807) is 15.2 Å². The maximum Gasteiger partial charge on any atom is 0.279 e. The number of hydrogen-bond acceptors (Lipinski definition) is 3. The smallest absolute Gasteiger partial charge is 0.271 e. The number of aromatic nitrogens is 2. The van der Waals surface area contributed by atoms with Crippen LogP contribution in [0.3, 0.4) is 0 Å². The van der Waals surface area contributed by atoms with Gasteiger partial charge in [-0.1, -0.05) is 6.92 Å². The Hall–Kier alpha value is -0.920. The van der Waals surface area contributed by atoms with Crippen molar-refractivity contribution in [3.63, 3.8) is 0 Å². The van der Waals surface area contributed by atoms with E-state index in [9.17, 15) is 8.42 Å². The molecule has 0 aliphatic carbocycles. The fourth-order valence-electron chi connectivity index (χ4n) is 2.42. The van der Waals surface area contributed by atoms with Crippen molar-refractivity contribution in [2.45, 2.75) is 39.3 Å². The van der Waals surface area contributed by atoms with Crippen LogP contribution in [0.1, 0.15) is 26.7 Å². The van der Waals surface area contributed by atoms with Gasteiger partial charge in [-0.05, 0) is 31.7 Å². The molecular weight excluding hydrogens is 264 g/mol. The van der Waals surface area contributed by atoms with Gasteiger partial charge in [0.1, 0.15) is 0 Å². The van der Waals surface area contributed by atoms with Gasteiger partial charge < -0.3 is 0 Å². The van der Waals surface area contributed by atoms with E-state index < -0.39 is 10.2 Å². The lowest BCUT2D eigenvalue weighted by Gasteiger charge is -2.31. The SMILES string of the molecule is C[C@@H]1CCCN(S(=O)(=O)N[C@H](C)Cn2cccn2)C1. The van der Waals surface area contributed by atoms with Crippen molar-refractivity contribution in [2.24, 2.45) is 5.92 Å². The van der Waals surface area contributed by atoms with E-state index in [1.165, 1.54) is 0 Å². The first-order valence-corrected chi connectivity index (χ1v) is 8.16. The van der Waals surface area contributed by atoms with E-state index in [4.69, 9.17) is 0 Å². The minimum atomic E-state index is -3.38. The molecule has 0 amide bonds. The molecule has 108 valence electrons. The molecule has 1 aliphatic heterocycles. The number of nitrogens with zero attached hydrogens (tertiary/aromatic N) is 3. The van der Waals surface area contributed by atoms with E-state index in [0.717, 1.165) is 12.8 Å². The predicted molar refractivity (Wildman–Crippen MR) is 73.7 cm³/mol. The third-order valence-corrected chi connectivity index (χ3v) is 5.04. The van der Waals surface area contributed by atoms with Crippen LogP contribution in [0.15, 0.2) is 18.5 Å². The topological polar surface area (TPSA) is 67.2 Å². The Morgan fingerprint density at radius 2 is 2.32 bits per heavy atom. The summed E-state index contributed by atoms with van der Waals surface area (Å²) in [4.78, 5) is 0. The van der Waals surface area contributed by atoms with E-state index in [1.807, 2.05) is 19.2 Å². The lowest BCUT2D eigenvalue weighted by Crippen LogP contribution is -2.48. The maximum absolute atomic E-state index is 12.3. The summed E-state index contributed by atoms with van der Waals surface area (Å²) in [6.45, 7) is 5.72. The average molecular weight is 286 g/mol. The van der Waals surface area contributed by atoms with Gasteiger partial charge in [0, 0.05) is 31.5 Å². The van der Waals surface area contributed by atoms with E-state index in [2.05, 4.69) is 16.7 Å². The van der Waals surface area contributed by atoms with Gasteiger partial charge >= 0.3 is 0 Å².